The maximum Gasteiger partial charge on any atom is 0.260 e. The molecule has 98 valence electrons. The molecule has 19 heavy (non-hydrogen) atoms. The number of hydrogen-bond acceptors (Lipinski definition) is 2. The van der Waals surface area contributed by atoms with Crippen LogP contribution in [0.1, 0.15) is 17.3 Å². The fourth-order valence-electron chi connectivity index (χ4n) is 1.91. The van der Waals surface area contributed by atoms with E-state index >= 15 is 0 Å². The van der Waals surface area contributed by atoms with Crippen LogP contribution < -0.4 is 10.6 Å². The Balaban J connectivity index is 2.39. The lowest BCUT2D eigenvalue weighted by Gasteiger charge is -2.21. The lowest BCUT2D eigenvalue weighted by atomic mass is 10.1. The molecule has 0 fully saturated rings. The number of halogens is 1. The van der Waals surface area contributed by atoms with E-state index in [9.17, 15) is 9.18 Å². The van der Waals surface area contributed by atoms with Crippen LogP contribution in [0.3, 0.4) is 0 Å². The summed E-state index contributed by atoms with van der Waals surface area (Å²) in [7, 11) is 0. The average molecular weight is 258 g/mol. The number of hydrogen-bond donors (Lipinski definition) is 1. The summed E-state index contributed by atoms with van der Waals surface area (Å²) in [5.74, 6) is -0.771. The van der Waals surface area contributed by atoms with Crippen LogP contribution in [0.4, 0.5) is 15.8 Å². The van der Waals surface area contributed by atoms with Crippen LogP contribution in [0.5, 0.6) is 0 Å². The fraction of sp³-hybridized carbons (Fsp3) is 0.133. The molecule has 2 N–H and O–H groups in total. The molecule has 0 heterocycles. The quantitative estimate of drug-likeness (QED) is 0.860. The summed E-state index contributed by atoms with van der Waals surface area (Å²) in [6.45, 7) is 2.35. The Labute approximate surface area is 111 Å². The van der Waals surface area contributed by atoms with Crippen molar-refractivity contribution in [3.63, 3.8) is 0 Å². The zero-order valence-electron chi connectivity index (χ0n) is 10.6. The first-order chi connectivity index (χ1) is 9.13. The minimum absolute atomic E-state index is 0.186. The van der Waals surface area contributed by atoms with Gasteiger partial charge in [-0.05, 0) is 37.3 Å². The molecule has 0 aliphatic carbocycles. The van der Waals surface area contributed by atoms with E-state index in [4.69, 9.17) is 5.73 Å². The lowest BCUT2D eigenvalue weighted by Crippen LogP contribution is -2.31. The Morgan fingerprint density at radius 2 is 1.89 bits per heavy atom. The molecule has 0 saturated heterocycles. The van der Waals surface area contributed by atoms with Crippen LogP contribution in [-0.4, -0.2) is 12.5 Å². The first kappa shape index (κ1) is 13.1. The second-order valence-electron chi connectivity index (χ2n) is 4.12. The number of nitrogens with zero attached hydrogens (tertiary/aromatic N) is 1. The molecule has 0 aromatic heterocycles. The Bertz CT molecular complexity index is 584. The number of para-hydroxylation sites is 1. The number of nitrogen functional groups attached to an aromatic ring is 1. The van der Waals surface area contributed by atoms with E-state index in [2.05, 4.69) is 0 Å². The molecule has 0 aliphatic rings. The third kappa shape index (κ3) is 2.73. The first-order valence-corrected chi connectivity index (χ1v) is 6.05. The molecule has 0 spiro atoms. The predicted molar refractivity (Wildman–Crippen MR) is 74.6 cm³/mol. The van der Waals surface area contributed by atoms with Gasteiger partial charge in [-0.2, -0.15) is 0 Å². The summed E-state index contributed by atoms with van der Waals surface area (Å²) < 4.78 is 13.3. The molecule has 0 unspecified atom stereocenters. The Morgan fingerprint density at radius 1 is 1.21 bits per heavy atom. The highest BCUT2D eigenvalue weighted by Crippen LogP contribution is 2.20. The van der Waals surface area contributed by atoms with Crippen molar-refractivity contribution in [3.8, 4) is 0 Å². The molecule has 0 radical (unpaired) electrons. The summed E-state index contributed by atoms with van der Waals surface area (Å²) in [5.41, 5.74) is 6.97. The average Bonchev–Trinajstić information content (AvgIpc) is 2.43. The number of amides is 1. The second kappa shape index (κ2) is 5.52. The SMILES string of the molecule is CCN(C(=O)c1cc(F)ccc1N)c1ccccc1. The Hall–Kier alpha value is -2.36. The summed E-state index contributed by atoms with van der Waals surface area (Å²) >= 11 is 0. The van der Waals surface area contributed by atoms with Crippen molar-refractivity contribution >= 4 is 17.3 Å². The normalized spacial score (nSPS) is 10.2. The fourth-order valence-corrected chi connectivity index (χ4v) is 1.91. The van der Waals surface area contributed by atoms with Gasteiger partial charge in [0.15, 0.2) is 0 Å². The molecule has 0 bridgehead atoms. The van der Waals surface area contributed by atoms with Gasteiger partial charge in [-0.15, -0.1) is 0 Å². The lowest BCUT2D eigenvalue weighted by molar-refractivity contribution is 0.0988. The molecular formula is C15H15FN2O. The first-order valence-electron chi connectivity index (χ1n) is 6.05. The van der Waals surface area contributed by atoms with Gasteiger partial charge in [-0.25, -0.2) is 4.39 Å². The van der Waals surface area contributed by atoms with E-state index in [-0.39, 0.29) is 17.2 Å². The van der Waals surface area contributed by atoms with Gasteiger partial charge in [0.05, 0.1) is 5.56 Å². The van der Waals surface area contributed by atoms with Crippen LogP contribution in [0.15, 0.2) is 48.5 Å². The number of nitrogens with two attached hydrogens (primary N) is 1. The zero-order valence-corrected chi connectivity index (χ0v) is 10.6. The van der Waals surface area contributed by atoms with Gasteiger partial charge in [-0.3, -0.25) is 4.79 Å². The standard InChI is InChI=1S/C15H15FN2O/c1-2-18(12-6-4-3-5-7-12)15(19)13-10-11(16)8-9-14(13)17/h3-10H,2,17H2,1H3. The largest absolute Gasteiger partial charge is 0.398 e. The van der Waals surface area contributed by atoms with Crippen molar-refractivity contribution in [3.05, 3.63) is 59.9 Å². The van der Waals surface area contributed by atoms with Gasteiger partial charge in [0, 0.05) is 17.9 Å². The van der Waals surface area contributed by atoms with Crippen molar-refractivity contribution in [2.24, 2.45) is 0 Å². The van der Waals surface area contributed by atoms with E-state index in [1.54, 1.807) is 4.90 Å². The summed E-state index contributed by atoms with van der Waals surface area (Å²) in [6.07, 6.45) is 0. The third-order valence-electron chi connectivity index (χ3n) is 2.87. The molecule has 2 rings (SSSR count). The molecule has 2 aromatic carbocycles. The van der Waals surface area contributed by atoms with Crippen molar-refractivity contribution in [1.82, 2.24) is 0 Å². The summed E-state index contributed by atoms with van der Waals surface area (Å²) in [5, 5.41) is 0. The van der Waals surface area contributed by atoms with Gasteiger partial charge in [0.2, 0.25) is 0 Å². The van der Waals surface area contributed by atoms with E-state index < -0.39 is 5.82 Å². The van der Waals surface area contributed by atoms with Crippen LogP contribution in [-0.2, 0) is 0 Å². The van der Waals surface area contributed by atoms with Crippen molar-refractivity contribution in [1.29, 1.82) is 0 Å². The summed E-state index contributed by atoms with van der Waals surface area (Å²) in [4.78, 5) is 14.0. The zero-order chi connectivity index (χ0) is 13.8. The number of carbonyl (C=O) groups is 1. The van der Waals surface area contributed by atoms with Gasteiger partial charge in [0.1, 0.15) is 5.82 Å². The van der Waals surface area contributed by atoms with Gasteiger partial charge < -0.3 is 10.6 Å². The number of benzene rings is 2. The predicted octanol–water partition coefficient (Wildman–Crippen LogP) is 3.07. The van der Waals surface area contributed by atoms with E-state index in [0.29, 0.717) is 6.54 Å². The monoisotopic (exact) mass is 258 g/mol. The van der Waals surface area contributed by atoms with Gasteiger partial charge >= 0.3 is 0 Å². The minimum atomic E-state index is -0.471. The Kier molecular flexibility index (Phi) is 3.80. The maximum atomic E-state index is 13.3. The van der Waals surface area contributed by atoms with E-state index in [1.165, 1.54) is 18.2 Å². The molecule has 1 amide bonds. The topological polar surface area (TPSA) is 46.3 Å². The molecule has 3 nitrogen and oxygen atoms in total. The smallest absolute Gasteiger partial charge is 0.260 e. The van der Waals surface area contributed by atoms with E-state index in [1.807, 2.05) is 37.3 Å². The molecular weight excluding hydrogens is 243 g/mol. The third-order valence-corrected chi connectivity index (χ3v) is 2.87. The van der Waals surface area contributed by atoms with Gasteiger partial charge in [-0.1, -0.05) is 18.2 Å². The Morgan fingerprint density at radius 3 is 2.53 bits per heavy atom. The number of anilines is 2. The van der Waals surface area contributed by atoms with Crippen molar-refractivity contribution in [2.45, 2.75) is 6.92 Å². The van der Waals surface area contributed by atoms with Crippen LogP contribution in [0.25, 0.3) is 0 Å². The van der Waals surface area contributed by atoms with Crippen LogP contribution >= 0.6 is 0 Å². The summed E-state index contributed by atoms with van der Waals surface area (Å²) in [6, 6.07) is 13.0. The van der Waals surface area contributed by atoms with Crippen molar-refractivity contribution < 1.29 is 9.18 Å². The van der Waals surface area contributed by atoms with Gasteiger partial charge in [0.25, 0.3) is 5.91 Å². The number of rotatable bonds is 3. The van der Waals surface area contributed by atoms with Crippen molar-refractivity contribution in [2.75, 3.05) is 17.2 Å². The highest BCUT2D eigenvalue weighted by molar-refractivity contribution is 6.09. The highest BCUT2D eigenvalue weighted by Gasteiger charge is 2.18. The molecule has 2 aromatic rings. The maximum absolute atomic E-state index is 13.3. The molecule has 4 heteroatoms. The van der Waals surface area contributed by atoms with Crippen LogP contribution in [0.2, 0.25) is 0 Å². The van der Waals surface area contributed by atoms with E-state index in [0.717, 1.165) is 5.69 Å². The number of carbonyl (C=O) groups excluding carboxylic acids is 1. The molecule has 0 saturated carbocycles. The highest BCUT2D eigenvalue weighted by atomic mass is 19.1. The van der Waals surface area contributed by atoms with Crippen LogP contribution in [0, 0.1) is 5.82 Å². The molecule has 0 atom stereocenters. The minimum Gasteiger partial charge on any atom is -0.398 e. The molecule has 0 aliphatic heterocycles. The second-order valence-corrected chi connectivity index (χ2v) is 4.12.